The van der Waals surface area contributed by atoms with E-state index in [1.54, 1.807) is 4.90 Å². The Hall–Kier alpha value is -2.80. The molecule has 28 heavy (non-hydrogen) atoms. The molecule has 2 aliphatic rings. The number of amides is 1. The fourth-order valence-electron chi connectivity index (χ4n) is 3.73. The Kier molecular flexibility index (Phi) is 5.09. The monoisotopic (exact) mass is 402 g/mol. The molecule has 4 rings (SSSR count). The van der Waals surface area contributed by atoms with E-state index >= 15 is 0 Å². The van der Waals surface area contributed by atoms with Crippen molar-refractivity contribution in [2.75, 3.05) is 19.8 Å². The highest BCUT2D eigenvalue weighted by Crippen LogP contribution is 2.39. The van der Waals surface area contributed by atoms with Crippen LogP contribution in [0.3, 0.4) is 0 Å². The average molecular weight is 403 g/mol. The lowest BCUT2D eigenvalue weighted by Gasteiger charge is -2.25. The molecule has 146 valence electrons. The van der Waals surface area contributed by atoms with Gasteiger partial charge in [-0.25, -0.2) is 0 Å². The van der Waals surface area contributed by atoms with Gasteiger partial charge < -0.3 is 14.4 Å². The zero-order valence-electron chi connectivity index (χ0n) is 15.1. The molecule has 0 aliphatic carbocycles. The molecule has 0 N–H and O–H groups in total. The smallest absolute Gasteiger partial charge is 0.283 e. The Morgan fingerprint density at radius 2 is 1.89 bits per heavy atom. The lowest BCUT2D eigenvalue weighted by molar-refractivity contribution is -0.385. The summed E-state index contributed by atoms with van der Waals surface area (Å²) >= 11 is 5.88. The number of halogens is 1. The maximum absolute atomic E-state index is 13.1. The summed E-state index contributed by atoms with van der Waals surface area (Å²) in [7, 11) is 0. The summed E-state index contributed by atoms with van der Waals surface area (Å²) in [6, 6.07) is 9.68. The van der Waals surface area contributed by atoms with Gasteiger partial charge >= 0.3 is 0 Å². The number of ether oxygens (including phenoxy) is 2. The lowest BCUT2D eigenvalue weighted by atomic mass is 10.0. The number of benzene rings is 2. The van der Waals surface area contributed by atoms with Gasteiger partial charge in [-0.2, -0.15) is 0 Å². The standard InChI is InChI=1S/C20H19ClN2O5/c21-14-5-6-15(17(12-14)23(25)26)20(24)22-8-1-3-16(22)13-4-7-18-19(11-13)28-10-2-9-27-18/h4-7,11-12,16H,1-3,8-10H2. The van der Waals surface area contributed by atoms with Crippen LogP contribution < -0.4 is 9.47 Å². The molecular formula is C20H19ClN2O5. The van der Waals surface area contributed by atoms with Crippen LogP contribution in [0.2, 0.25) is 5.02 Å². The molecule has 2 heterocycles. The summed E-state index contributed by atoms with van der Waals surface area (Å²) in [6.07, 6.45) is 2.43. The number of rotatable bonds is 3. The first-order valence-electron chi connectivity index (χ1n) is 9.19. The fourth-order valence-corrected chi connectivity index (χ4v) is 3.90. The van der Waals surface area contributed by atoms with Crippen LogP contribution in [0.5, 0.6) is 11.5 Å². The van der Waals surface area contributed by atoms with Gasteiger partial charge in [-0.15, -0.1) is 0 Å². The van der Waals surface area contributed by atoms with Crippen LogP contribution in [-0.2, 0) is 0 Å². The zero-order chi connectivity index (χ0) is 19.7. The van der Waals surface area contributed by atoms with E-state index in [0.29, 0.717) is 31.3 Å². The molecule has 8 heteroatoms. The molecule has 1 amide bonds. The first kappa shape index (κ1) is 18.6. The number of likely N-dealkylation sites (tertiary alicyclic amines) is 1. The summed E-state index contributed by atoms with van der Waals surface area (Å²) < 4.78 is 11.4. The van der Waals surface area contributed by atoms with Gasteiger partial charge in [-0.3, -0.25) is 14.9 Å². The minimum Gasteiger partial charge on any atom is -0.490 e. The van der Waals surface area contributed by atoms with Crippen LogP contribution in [0.15, 0.2) is 36.4 Å². The van der Waals surface area contributed by atoms with Crippen molar-refractivity contribution < 1.29 is 19.2 Å². The lowest BCUT2D eigenvalue weighted by Crippen LogP contribution is -2.31. The molecule has 2 aliphatic heterocycles. The Balaban J connectivity index is 1.65. The van der Waals surface area contributed by atoms with E-state index in [4.69, 9.17) is 21.1 Å². The second kappa shape index (κ2) is 7.67. The molecule has 7 nitrogen and oxygen atoms in total. The second-order valence-electron chi connectivity index (χ2n) is 6.83. The van der Waals surface area contributed by atoms with E-state index in [1.807, 2.05) is 18.2 Å². The normalized spacial score (nSPS) is 18.6. The molecule has 0 aromatic heterocycles. The molecule has 0 radical (unpaired) electrons. The van der Waals surface area contributed by atoms with Gasteiger partial charge in [0.05, 0.1) is 24.2 Å². The topological polar surface area (TPSA) is 81.9 Å². The van der Waals surface area contributed by atoms with Crippen LogP contribution in [-0.4, -0.2) is 35.5 Å². The van der Waals surface area contributed by atoms with Crippen molar-refractivity contribution in [1.82, 2.24) is 4.90 Å². The van der Waals surface area contributed by atoms with Gasteiger partial charge in [0.15, 0.2) is 11.5 Å². The molecule has 0 spiro atoms. The fraction of sp³-hybridized carbons (Fsp3) is 0.350. The van der Waals surface area contributed by atoms with Crippen LogP contribution in [0.4, 0.5) is 5.69 Å². The number of carbonyl (C=O) groups is 1. The Morgan fingerprint density at radius 3 is 2.68 bits per heavy atom. The van der Waals surface area contributed by atoms with Crippen LogP contribution in [0.1, 0.15) is 41.2 Å². The van der Waals surface area contributed by atoms with Crippen molar-refractivity contribution in [3.05, 3.63) is 62.7 Å². The number of nitro benzene ring substituents is 1. The molecule has 2 aromatic rings. The Bertz CT molecular complexity index is 933. The van der Waals surface area contributed by atoms with Crippen molar-refractivity contribution in [3.63, 3.8) is 0 Å². The van der Waals surface area contributed by atoms with Crippen LogP contribution in [0.25, 0.3) is 0 Å². The van der Waals surface area contributed by atoms with Crippen LogP contribution >= 0.6 is 11.6 Å². The van der Waals surface area contributed by atoms with Crippen molar-refractivity contribution in [2.45, 2.75) is 25.3 Å². The third-order valence-electron chi connectivity index (χ3n) is 5.06. The van der Waals surface area contributed by atoms with Crippen molar-refractivity contribution >= 4 is 23.2 Å². The SMILES string of the molecule is O=C(c1ccc(Cl)cc1[N+](=O)[O-])N1CCCC1c1ccc2c(c1)OCCCO2. The Labute approximate surface area is 167 Å². The third kappa shape index (κ3) is 3.49. The zero-order valence-corrected chi connectivity index (χ0v) is 15.9. The highest BCUT2D eigenvalue weighted by Gasteiger charge is 2.34. The number of hydrogen-bond acceptors (Lipinski definition) is 5. The summed E-state index contributed by atoms with van der Waals surface area (Å²) in [6.45, 7) is 1.74. The van der Waals surface area contributed by atoms with E-state index in [2.05, 4.69) is 0 Å². The summed E-state index contributed by atoms with van der Waals surface area (Å²) in [5, 5.41) is 11.6. The minimum atomic E-state index is -0.572. The number of nitrogens with zero attached hydrogens (tertiary/aromatic N) is 2. The number of nitro groups is 1. The summed E-state index contributed by atoms with van der Waals surface area (Å²) in [4.78, 5) is 25.6. The van der Waals surface area contributed by atoms with Gasteiger partial charge in [-0.05, 0) is 42.7 Å². The largest absolute Gasteiger partial charge is 0.490 e. The van der Waals surface area contributed by atoms with Crippen molar-refractivity contribution in [2.24, 2.45) is 0 Å². The molecule has 1 unspecified atom stereocenters. The highest BCUT2D eigenvalue weighted by atomic mass is 35.5. The average Bonchev–Trinajstić information content (AvgIpc) is 3.06. The molecule has 1 fully saturated rings. The van der Waals surface area contributed by atoms with Gasteiger partial charge in [0.1, 0.15) is 5.56 Å². The number of fused-ring (bicyclic) bond motifs is 1. The predicted molar refractivity (Wildman–Crippen MR) is 103 cm³/mol. The summed E-state index contributed by atoms with van der Waals surface area (Å²) in [5.74, 6) is 1.01. The Morgan fingerprint density at radius 1 is 1.11 bits per heavy atom. The summed E-state index contributed by atoms with van der Waals surface area (Å²) in [5.41, 5.74) is 0.712. The van der Waals surface area contributed by atoms with Crippen molar-refractivity contribution in [3.8, 4) is 11.5 Å². The van der Waals surface area contributed by atoms with Gasteiger partial charge in [0, 0.05) is 24.1 Å². The molecule has 0 saturated carbocycles. The van der Waals surface area contributed by atoms with Crippen LogP contribution in [0, 0.1) is 10.1 Å². The van der Waals surface area contributed by atoms with E-state index in [9.17, 15) is 14.9 Å². The maximum atomic E-state index is 13.1. The van der Waals surface area contributed by atoms with Crippen molar-refractivity contribution in [1.29, 1.82) is 0 Å². The number of carbonyl (C=O) groups excluding carboxylic acids is 1. The predicted octanol–water partition coefficient (Wildman–Crippen LogP) is 4.39. The molecule has 0 bridgehead atoms. The van der Waals surface area contributed by atoms with E-state index in [-0.39, 0.29) is 28.2 Å². The number of hydrogen-bond donors (Lipinski definition) is 0. The highest BCUT2D eigenvalue weighted by molar-refractivity contribution is 6.31. The third-order valence-corrected chi connectivity index (χ3v) is 5.29. The second-order valence-corrected chi connectivity index (χ2v) is 7.27. The van der Waals surface area contributed by atoms with E-state index in [1.165, 1.54) is 18.2 Å². The molecular weight excluding hydrogens is 384 g/mol. The maximum Gasteiger partial charge on any atom is 0.283 e. The van der Waals surface area contributed by atoms with Gasteiger partial charge in [-0.1, -0.05) is 17.7 Å². The minimum absolute atomic E-state index is 0.0515. The molecule has 2 aromatic carbocycles. The first-order chi connectivity index (χ1) is 13.5. The van der Waals surface area contributed by atoms with E-state index in [0.717, 1.165) is 24.8 Å². The molecule has 1 saturated heterocycles. The van der Waals surface area contributed by atoms with E-state index < -0.39 is 4.92 Å². The first-order valence-corrected chi connectivity index (χ1v) is 9.57. The van der Waals surface area contributed by atoms with Gasteiger partial charge in [0.2, 0.25) is 0 Å². The quantitative estimate of drug-likeness (QED) is 0.561. The van der Waals surface area contributed by atoms with Gasteiger partial charge in [0.25, 0.3) is 11.6 Å². The molecule has 1 atom stereocenters.